The van der Waals surface area contributed by atoms with Crippen LogP contribution in [0, 0.1) is 5.92 Å². The molecule has 0 radical (unpaired) electrons. The molecule has 1 fully saturated rings. The molecule has 2 aromatic rings. The van der Waals surface area contributed by atoms with Crippen LogP contribution in [0.5, 0.6) is 11.5 Å². The molecule has 0 bridgehead atoms. The van der Waals surface area contributed by atoms with Gasteiger partial charge >= 0.3 is 0 Å². The number of carbonyl (C=O) groups is 2. The summed E-state index contributed by atoms with van der Waals surface area (Å²) in [5, 5.41) is 0.660. The molecule has 2 heterocycles. The van der Waals surface area contributed by atoms with E-state index in [9.17, 15) is 9.59 Å². The zero-order chi connectivity index (χ0) is 18.1. The molecule has 1 atom stereocenters. The maximum absolute atomic E-state index is 12.6. The number of hydrogen-bond acceptors (Lipinski definition) is 4. The quantitative estimate of drug-likeness (QED) is 0.757. The highest BCUT2D eigenvalue weighted by molar-refractivity contribution is 6.30. The van der Waals surface area contributed by atoms with Crippen LogP contribution >= 0.6 is 11.6 Å². The van der Waals surface area contributed by atoms with Crippen molar-refractivity contribution < 1.29 is 19.1 Å². The van der Waals surface area contributed by atoms with E-state index < -0.39 is 0 Å². The summed E-state index contributed by atoms with van der Waals surface area (Å²) in [6.45, 7) is 0.614. The molecule has 2 aliphatic heterocycles. The van der Waals surface area contributed by atoms with Gasteiger partial charge in [0.25, 0.3) is 0 Å². The Morgan fingerprint density at radius 1 is 1.00 bits per heavy atom. The smallest absolute Gasteiger partial charge is 0.233 e. The van der Waals surface area contributed by atoms with Gasteiger partial charge in [-0.05, 0) is 48.2 Å². The minimum atomic E-state index is -0.291. The minimum absolute atomic E-state index is 0.0920. The number of amides is 2. The summed E-state index contributed by atoms with van der Waals surface area (Å²) in [5.74, 6) is 0.952. The van der Waals surface area contributed by atoms with E-state index in [1.165, 1.54) is 4.90 Å². The van der Waals surface area contributed by atoms with Crippen LogP contribution in [0.15, 0.2) is 42.5 Å². The van der Waals surface area contributed by atoms with Crippen molar-refractivity contribution >= 4 is 23.4 Å². The maximum Gasteiger partial charge on any atom is 0.233 e. The van der Waals surface area contributed by atoms with Gasteiger partial charge in [-0.2, -0.15) is 0 Å². The van der Waals surface area contributed by atoms with Gasteiger partial charge in [-0.25, -0.2) is 0 Å². The van der Waals surface area contributed by atoms with Crippen molar-refractivity contribution in [2.24, 2.45) is 5.92 Å². The Bertz CT molecular complexity index is 849. The number of benzene rings is 2. The Balaban J connectivity index is 1.38. The molecule has 0 spiro atoms. The third-order valence-electron chi connectivity index (χ3n) is 4.79. The van der Waals surface area contributed by atoms with Crippen molar-refractivity contribution in [2.45, 2.75) is 19.3 Å². The van der Waals surface area contributed by atoms with E-state index in [0.29, 0.717) is 30.2 Å². The standard InChI is InChI=1S/C20H18ClNO4/c21-16-4-1-13(2-5-16)9-15-11-19(23)22(20(15)24)8-7-14-3-6-17-18(10-14)26-12-25-17/h1-6,10,15H,7-9,11-12H2. The second-order valence-electron chi connectivity index (χ2n) is 6.55. The zero-order valence-electron chi connectivity index (χ0n) is 14.1. The summed E-state index contributed by atoms with van der Waals surface area (Å²) in [7, 11) is 0. The molecule has 134 valence electrons. The van der Waals surface area contributed by atoms with Crippen molar-refractivity contribution in [3.05, 3.63) is 58.6 Å². The van der Waals surface area contributed by atoms with Crippen LogP contribution in [0.2, 0.25) is 5.02 Å². The van der Waals surface area contributed by atoms with Gasteiger partial charge in [-0.15, -0.1) is 0 Å². The monoisotopic (exact) mass is 371 g/mol. The zero-order valence-corrected chi connectivity index (χ0v) is 14.9. The number of rotatable bonds is 5. The predicted molar refractivity (Wildman–Crippen MR) is 96.3 cm³/mol. The summed E-state index contributed by atoms with van der Waals surface area (Å²) in [4.78, 5) is 26.3. The van der Waals surface area contributed by atoms with Crippen LogP contribution < -0.4 is 9.47 Å². The van der Waals surface area contributed by atoms with Crippen molar-refractivity contribution in [3.8, 4) is 11.5 Å². The van der Waals surface area contributed by atoms with Crippen LogP contribution in [0.3, 0.4) is 0 Å². The molecule has 0 N–H and O–H groups in total. The molecule has 2 amide bonds. The normalized spacial score (nSPS) is 18.7. The summed E-state index contributed by atoms with van der Waals surface area (Å²) in [6, 6.07) is 13.1. The number of nitrogens with zero attached hydrogens (tertiary/aromatic N) is 1. The molecule has 4 rings (SSSR count). The number of ether oxygens (including phenoxy) is 2. The Morgan fingerprint density at radius 3 is 2.54 bits per heavy atom. The van der Waals surface area contributed by atoms with Gasteiger partial charge in [0.05, 0.1) is 5.92 Å². The predicted octanol–water partition coefficient (Wildman–Crippen LogP) is 3.23. The van der Waals surface area contributed by atoms with Gasteiger partial charge in [0, 0.05) is 18.0 Å². The van der Waals surface area contributed by atoms with E-state index in [0.717, 1.165) is 16.9 Å². The first-order valence-corrected chi connectivity index (χ1v) is 8.95. The molecular weight excluding hydrogens is 354 g/mol. The van der Waals surface area contributed by atoms with E-state index in [4.69, 9.17) is 21.1 Å². The maximum atomic E-state index is 12.6. The van der Waals surface area contributed by atoms with E-state index in [2.05, 4.69) is 0 Å². The van der Waals surface area contributed by atoms with E-state index in [1.807, 2.05) is 30.3 Å². The lowest BCUT2D eigenvalue weighted by atomic mass is 9.98. The first-order chi connectivity index (χ1) is 12.6. The highest BCUT2D eigenvalue weighted by atomic mass is 35.5. The summed E-state index contributed by atoms with van der Waals surface area (Å²) in [5.41, 5.74) is 2.02. The van der Waals surface area contributed by atoms with E-state index in [-0.39, 0.29) is 30.9 Å². The van der Waals surface area contributed by atoms with Crippen LogP contribution in [0.4, 0.5) is 0 Å². The number of hydrogen-bond donors (Lipinski definition) is 0. The minimum Gasteiger partial charge on any atom is -0.454 e. The third kappa shape index (κ3) is 3.40. The van der Waals surface area contributed by atoms with Gasteiger partial charge in [0.2, 0.25) is 18.6 Å². The molecule has 0 saturated carbocycles. The molecule has 26 heavy (non-hydrogen) atoms. The molecule has 2 aromatic carbocycles. The number of fused-ring (bicyclic) bond motifs is 1. The largest absolute Gasteiger partial charge is 0.454 e. The highest BCUT2D eigenvalue weighted by Crippen LogP contribution is 2.33. The third-order valence-corrected chi connectivity index (χ3v) is 5.05. The SMILES string of the molecule is O=C1CC(Cc2ccc(Cl)cc2)C(=O)N1CCc1ccc2c(c1)OCO2. The van der Waals surface area contributed by atoms with Crippen LogP contribution in [0.1, 0.15) is 17.5 Å². The van der Waals surface area contributed by atoms with Gasteiger partial charge in [-0.1, -0.05) is 29.8 Å². The molecule has 1 unspecified atom stereocenters. The van der Waals surface area contributed by atoms with Crippen molar-refractivity contribution in [1.29, 1.82) is 0 Å². The Hall–Kier alpha value is -2.53. The summed E-state index contributed by atoms with van der Waals surface area (Å²) >= 11 is 5.89. The fraction of sp³-hybridized carbons (Fsp3) is 0.300. The molecule has 0 aliphatic carbocycles. The van der Waals surface area contributed by atoms with E-state index >= 15 is 0 Å². The van der Waals surface area contributed by atoms with Crippen LogP contribution in [-0.4, -0.2) is 30.1 Å². The average Bonchev–Trinajstić information content (AvgIpc) is 3.20. The fourth-order valence-electron chi connectivity index (χ4n) is 3.39. The second kappa shape index (κ2) is 7.00. The van der Waals surface area contributed by atoms with Crippen LogP contribution in [-0.2, 0) is 22.4 Å². The van der Waals surface area contributed by atoms with E-state index in [1.54, 1.807) is 12.1 Å². The molecule has 6 heteroatoms. The van der Waals surface area contributed by atoms with Crippen molar-refractivity contribution in [3.63, 3.8) is 0 Å². The molecular formula is C20H18ClNO4. The number of halogens is 1. The van der Waals surface area contributed by atoms with Crippen molar-refractivity contribution in [1.82, 2.24) is 4.90 Å². The lowest BCUT2D eigenvalue weighted by Gasteiger charge is -2.15. The molecule has 1 saturated heterocycles. The van der Waals surface area contributed by atoms with Crippen molar-refractivity contribution in [2.75, 3.05) is 13.3 Å². The first kappa shape index (κ1) is 16.9. The topological polar surface area (TPSA) is 55.8 Å². The van der Waals surface area contributed by atoms with Gasteiger partial charge in [-0.3, -0.25) is 14.5 Å². The lowest BCUT2D eigenvalue weighted by molar-refractivity contribution is -0.139. The number of imide groups is 1. The Kier molecular flexibility index (Phi) is 4.55. The Morgan fingerprint density at radius 2 is 1.73 bits per heavy atom. The van der Waals surface area contributed by atoms with Gasteiger partial charge in [0.1, 0.15) is 0 Å². The molecule has 5 nitrogen and oxygen atoms in total. The van der Waals surface area contributed by atoms with Gasteiger partial charge < -0.3 is 9.47 Å². The highest BCUT2D eigenvalue weighted by Gasteiger charge is 2.38. The van der Waals surface area contributed by atoms with Gasteiger partial charge in [0.15, 0.2) is 11.5 Å². The second-order valence-corrected chi connectivity index (χ2v) is 6.99. The number of likely N-dealkylation sites (tertiary alicyclic amines) is 1. The molecule has 0 aromatic heterocycles. The average molecular weight is 372 g/mol. The summed E-state index contributed by atoms with van der Waals surface area (Å²) in [6.07, 6.45) is 1.42. The molecule has 2 aliphatic rings. The Labute approximate surface area is 156 Å². The fourth-order valence-corrected chi connectivity index (χ4v) is 3.51. The lowest BCUT2D eigenvalue weighted by Crippen LogP contribution is -2.33. The van der Waals surface area contributed by atoms with Crippen LogP contribution in [0.25, 0.3) is 0 Å². The first-order valence-electron chi connectivity index (χ1n) is 8.57. The summed E-state index contributed by atoms with van der Waals surface area (Å²) < 4.78 is 10.7. The number of carbonyl (C=O) groups excluding carboxylic acids is 2.